The van der Waals surface area contributed by atoms with Crippen LogP contribution in [0.15, 0.2) is 6.07 Å². The number of aromatic nitrogens is 2. The first-order valence-electron chi connectivity index (χ1n) is 6.59. The van der Waals surface area contributed by atoms with E-state index in [2.05, 4.69) is 15.3 Å². The van der Waals surface area contributed by atoms with Crippen molar-refractivity contribution in [3.8, 4) is 0 Å². The minimum Gasteiger partial charge on any atom is -0.468 e. The highest BCUT2D eigenvalue weighted by molar-refractivity contribution is 6.29. The molecule has 0 spiro atoms. The van der Waals surface area contributed by atoms with Crippen LogP contribution in [-0.4, -0.2) is 56.9 Å². The molecule has 1 aromatic heterocycles. The first kappa shape index (κ1) is 15.8. The molecule has 7 nitrogen and oxygen atoms in total. The van der Waals surface area contributed by atoms with Crippen LogP contribution in [0.25, 0.3) is 0 Å². The zero-order valence-electron chi connectivity index (χ0n) is 12.4. The molecule has 116 valence electrons. The third kappa shape index (κ3) is 3.19. The molecule has 1 N–H and O–H groups in total. The van der Waals surface area contributed by atoms with Gasteiger partial charge >= 0.3 is 5.97 Å². The second-order valence-corrected chi connectivity index (χ2v) is 5.39. The van der Waals surface area contributed by atoms with Gasteiger partial charge in [0.05, 0.1) is 13.7 Å². The van der Waals surface area contributed by atoms with Crippen LogP contribution in [-0.2, 0) is 14.3 Å². The van der Waals surface area contributed by atoms with Crippen molar-refractivity contribution >= 4 is 29.3 Å². The predicted octanol–water partition coefficient (Wildman–Crippen LogP) is 1.19. The lowest BCUT2D eigenvalue weighted by Crippen LogP contribution is -2.39. The summed E-state index contributed by atoms with van der Waals surface area (Å²) in [5.41, 5.74) is -0.666. The van der Waals surface area contributed by atoms with Crippen LogP contribution in [0.2, 0.25) is 5.15 Å². The number of ether oxygens (including phenoxy) is 2. The molecule has 0 amide bonds. The fraction of sp³-hybridized carbons (Fsp3) is 0.615. The van der Waals surface area contributed by atoms with E-state index in [0.717, 1.165) is 0 Å². The molecule has 2 heterocycles. The first-order chi connectivity index (χ1) is 10.0. The van der Waals surface area contributed by atoms with E-state index in [1.54, 1.807) is 20.2 Å². The molecule has 1 saturated heterocycles. The summed E-state index contributed by atoms with van der Waals surface area (Å²) in [6.45, 7) is 1.47. The van der Waals surface area contributed by atoms with Crippen LogP contribution < -0.4 is 10.2 Å². The van der Waals surface area contributed by atoms with E-state index < -0.39 is 5.41 Å². The van der Waals surface area contributed by atoms with Crippen molar-refractivity contribution < 1.29 is 14.3 Å². The average molecular weight is 315 g/mol. The van der Waals surface area contributed by atoms with Crippen molar-refractivity contribution in [3.05, 3.63) is 11.2 Å². The number of hydrogen-bond donors (Lipinski definition) is 1. The topological polar surface area (TPSA) is 76.6 Å². The minimum atomic E-state index is -0.666. The maximum atomic E-state index is 12.1. The molecule has 1 atom stereocenters. The molecule has 0 radical (unpaired) electrons. The van der Waals surface area contributed by atoms with Crippen molar-refractivity contribution in [2.24, 2.45) is 5.41 Å². The van der Waals surface area contributed by atoms with Gasteiger partial charge in [-0.2, -0.15) is 4.98 Å². The second kappa shape index (κ2) is 6.44. The summed E-state index contributed by atoms with van der Waals surface area (Å²) in [5.74, 6) is 0.863. The maximum Gasteiger partial charge on any atom is 0.316 e. The minimum absolute atomic E-state index is 0.263. The van der Waals surface area contributed by atoms with Gasteiger partial charge in [-0.1, -0.05) is 11.6 Å². The normalized spacial score (nSPS) is 21.4. The predicted molar refractivity (Wildman–Crippen MR) is 79.7 cm³/mol. The van der Waals surface area contributed by atoms with Gasteiger partial charge in [-0.3, -0.25) is 4.79 Å². The molecule has 0 unspecified atom stereocenters. The van der Waals surface area contributed by atoms with Crippen molar-refractivity contribution in [1.82, 2.24) is 9.97 Å². The number of hydrogen-bond acceptors (Lipinski definition) is 7. The van der Waals surface area contributed by atoms with Crippen LogP contribution >= 0.6 is 11.6 Å². The standard InChI is InChI=1S/C13H19ClN4O3/c1-15-12-16-9(14)6-10(17-12)18-5-4-13(7-18,8-20-2)11(19)21-3/h6H,4-5,7-8H2,1-3H3,(H,15,16,17)/t13-/m1/s1. The van der Waals surface area contributed by atoms with Crippen LogP contribution in [0.4, 0.5) is 11.8 Å². The molecule has 1 aromatic rings. The Morgan fingerprint density at radius 3 is 2.90 bits per heavy atom. The monoisotopic (exact) mass is 314 g/mol. The molecule has 0 aliphatic carbocycles. The van der Waals surface area contributed by atoms with Gasteiger partial charge in [0.15, 0.2) is 0 Å². The Morgan fingerprint density at radius 2 is 2.29 bits per heavy atom. The van der Waals surface area contributed by atoms with E-state index in [0.29, 0.717) is 43.0 Å². The van der Waals surface area contributed by atoms with Crippen LogP contribution in [0, 0.1) is 5.41 Å². The molecule has 1 fully saturated rings. The number of methoxy groups -OCH3 is 2. The lowest BCUT2D eigenvalue weighted by molar-refractivity contribution is -0.154. The lowest BCUT2D eigenvalue weighted by Gasteiger charge is -2.26. The van der Waals surface area contributed by atoms with Crippen molar-refractivity contribution in [2.45, 2.75) is 6.42 Å². The van der Waals surface area contributed by atoms with E-state index >= 15 is 0 Å². The van der Waals surface area contributed by atoms with Gasteiger partial charge < -0.3 is 19.7 Å². The van der Waals surface area contributed by atoms with E-state index in [4.69, 9.17) is 21.1 Å². The quantitative estimate of drug-likeness (QED) is 0.646. The van der Waals surface area contributed by atoms with Gasteiger partial charge in [0.2, 0.25) is 5.95 Å². The lowest BCUT2D eigenvalue weighted by atomic mass is 9.88. The number of nitrogens with one attached hydrogen (secondary N) is 1. The molecule has 0 aromatic carbocycles. The molecule has 21 heavy (non-hydrogen) atoms. The van der Waals surface area contributed by atoms with E-state index in [1.165, 1.54) is 7.11 Å². The Kier molecular flexibility index (Phi) is 4.84. The smallest absolute Gasteiger partial charge is 0.316 e. The summed E-state index contributed by atoms with van der Waals surface area (Å²) in [7, 11) is 4.69. The van der Waals surface area contributed by atoms with Crippen LogP contribution in [0.3, 0.4) is 0 Å². The maximum absolute atomic E-state index is 12.1. The summed E-state index contributed by atoms with van der Waals surface area (Å²) in [5, 5.41) is 3.22. The van der Waals surface area contributed by atoms with E-state index in [9.17, 15) is 4.79 Å². The zero-order valence-corrected chi connectivity index (χ0v) is 13.1. The molecule has 2 rings (SSSR count). The van der Waals surface area contributed by atoms with E-state index in [1.807, 2.05) is 4.90 Å². The van der Waals surface area contributed by atoms with Gasteiger partial charge in [0.1, 0.15) is 16.4 Å². The number of anilines is 2. The van der Waals surface area contributed by atoms with Crippen molar-refractivity contribution in [2.75, 3.05) is 51.2 Å². The summed E-state index contributed by atoms with van der Waals surface area (Å²) in [6, 6.07) is 1.68. The number of esters is 1. The average Bonchev–Trinajstić information content (AvgIpc) is 2.91. The summed E-state index contributed by atoms with van der Waals surface area (Å²) in [4.78, 5) is 22.5. The van der Waals surface area contributed by atoms with Crippen LogP contribution in [0.5, 0.6) is 0 Å². The highest BCUT2D eigenvalue weighted by atomic mass is 35.5. The molecule has 1 aliphatic rings. The Labute approximate surface area is 128 Å². The largest absolute Gasteiger partial charge is 0.468 e. The Bertz CT molecular complexity index is 528. The number of carbonyl (C=O) groups excluding carboxylic acids is 1. The highest BCUT2D eigenvalue weighted by Gasteiger charge is 2.46. The molecule has 1 aliphatic heterocycles. The molecule has 0 bridgehead atoms. The number of halogens is 1. The zero-order chi connectivity index (χ0) is 15.5. The van der Waals surface area contributed by atoms with E-state index in [-0.39, 0.29) is 5.97 Å². The Hall–Kier alpha value is -1.60. The molecule has 0 saturated carbocycles. The summed E-state index contributed by atoms with van der Waals surface area (Å²) >= 11 is 6.00. The number of nitrogens with zero attached hydrogens (tertiary/aromatic N) is 3. The summed E-state index contributed by atoms with van der Waals surface area (Å²) in [6.07, 6.45) is 0.643. The van der Waals surface area contributed by atoms with Gasteiger partial charge in [0, 0.05) is 33.3 Å². The van der Waals surface area contributed by atoms with Gasteiger partial charge in [-0.25, -0.2) is 4.98 Å². The second-order valence-electron chi connectivity index (χ2n) is 5.00. The van der Waals surface area contributed by atoms with Gasteiger partial charge in [-0.05, 0) is 6.42 Å². The number of rotatable bonds is 5. The third-order valence-electron chi connectivity index (χ3n) is 3.62. The Balaban J connectivity index is 2.24. The fourth-order valence-electron chi connectivity index (χ4n) is 2.58. The van der Waals surface area contributed by atoms with Crippen molar-refractivity contribution in [1.29, 1.82) is 0 Å². The molecule has 8 heteroatoms. The van der Waals surface area contributed by atoms with Crippen LogP contribution in [0.1, 0.15) is 6.42 Å². The highest BCUT2D eigenvalue weighted by Crippen LogP contribution is 2.35. The first-order valence-corrected chi connectivity index (χ1v) is 6.97. The van der Waals surface area contributed by atoms with Crippen molar-refractivity contribution in [3.63, 3.8) is 0 Å². The van der Waals surface area contributed by atoms with Gasteiger partial charge in [0.25, 0.3) is 0 Å². The number of carbonyl (C=O) groups is 1. The molecular formula is C13H19ClN4O3. The SMILES string of the molecule is CNc1nc(Cl)cc(N2CC[C@@](COC)(C(=O)OC)C2)n1. The fourth-order valence-corrected chi connectivity index (χ4v) is 2.76. The third-order valence-corrected chi connectivity index (χ3v) is 3.82. The molecular weight excluding hydrogens is 296 g/mol. The van der Waals surface area contributed by atoms with Gasteiger partial charge in [-0.15, -0.1) is 0 Å². The summed E-state index contributed by atoms with van der Waals surface area (Å²) < 4.78 is 10.1. The Morgan fingerprint density at radius 1 is 1.52 bits per heavy atom.